The number of aromatic amines is 1. The van der Waals surface area contributed by atoms with E-state index in [4.69, 9.17) is 4.74 Å². The standard InChI is InChI=1S/C23H28N2O2/c1-4-20(24-16(2)3)14-17-7-5-8-18(13-17)15-27-21-10-6-9-19-11-12-22(26)25-23(19)21/h5-13,16,20,24H,4,14-15H2,1-3H3,(H,25,26). The van der Waals surface area contributed by atoms with Crippen molar-refractivity contribution in [2.24, 2.45) is 0 Å². The number of aromatic nitrogens is 1. The number of ether oxygens (including phenoxy) is 1. The molecule has 0 radical (unpaired) electrons. The number of benzene rings is 2. The minimum absolute atomic E-state index is 0.121. The Morgan fingerprint density at radius 2 is 1.81 bits per heavy atom. The molecule has 1 atom stereocenters. The Bertz CT molecular complexity index is 946. The van der Waals surface area contributed by atoms with Crippen LogP contribution in [0.4, 0.5) is 0 Å². The quantitative estimate of drug-likeness (QED) is 0.622. The smallest absolute Gasteiger partial charge is 0.248 e. The van der Waals surface area contributed by atoms with Gasteiger partial charge in [0.25, 0.3) is 0 Å². The average molecular weight is 364 g/mol. The van der Waals surface area contributed by atoms with Crippen LogP contribution in [0, 0.1) is 0 Å². The van der Waals surface area contributed by atoms with Gasteiger partial charge in [-0.1, -0.05) is 57.2 Å². The molecule has 0 bridgehead atoms. The normalized spacial score (nSPS) is 12.4. The van der Waals surface area contributed by atoms with Crippen molar-refractivity contribution >= 4 is 10.9 Å². The lowest BCUT2D eigenvalue weighted by molar-refractivity contribution is 0.309. The molecular formula is C23H28N2O2. The van der Waals surface area contributed by atoms with Gasteiger partial charge in [-0.15, -0.1) is 0 Å². The number of H-pyrrole nitrogens is 1. The minimum Gasteiger partial charge on any atom is -0.487 e. The monoisotopic (exact) mass is 364 g/mol. The fourth-order valence-electron chi connectivity index (χ4n) is 3.36. The molecule has 3 aromatic rings. The summed E-state index contributed by atoms with van der Waals surface area (Å²) in [6.07, 6.45) is 2.10. The Kier molecular flexibility index (Phi) is 6.30. The zero-order chi connectivity index (χ0) is 19.2. The largest absolute Gasteiger partial charge is 0.487 e. The summed E-state index contributed by atoms with van der Waals surface area (Å²) in [7, 11) is 0. The van der Waals surface area contributed by atoms with Crippen LogP contribution < -0.4 is 15.6 Å². The summed E-state index contributed by atoms with van der Waals surface area (Å²) in [6.45, 7) is 7.05. The molecule has 2 N–H and O–H groups in total. The van der Waals surface area contributed by atoms with E-state index in [2.05, 4.69) is 55.3 Å². The highest BCUT2D eigenvalue weighted by molar-refractivity contribution is 5.84. The van der Waals surface area contributed by atoms with E-state index in [0.717, 1.165) is 29.3 Å². The molecule has 142 valence electrons. The Balaban J connectivity index is 1.72. The predicted octanol–water partition coefficient (Wildman–Crippen LogP) is 4.43. The van der Waals surface area contributed by atoms with Crippen molar-refractivity contribution < 1.29 is 4.74 Å². The van der Waals surface area contributed by atoms with Crippen LogP contribution in [0.5, 0.6) is 5.75 Å². The van der Waals surface area contributed by atoms with Gasteiger partial charge in [-0.2, -0.15) is 0 Å². The molecule has 4 nitrogen and oxygen atoms in total. The van der Waals surface area contributed by atoms with Crippen LogP contribution in [0.25, 0.3) is 10.9 Å². The highest BCUT2D eigenvalue weighted by atomic mass is 16.5. The summed E-state index contributed by atoms with van der Waals surface area (Å²) in [5.74, 6) is 0.698. The maximum Gasteiger partial charge on any atom is 0.248 e. The average Bonchev–Trinajstić information content (AvgIpc) is 2.65. The Labute approximate surface area is 160 Å². The van der Waals surface area contributed by atoms with Gasteiger partial charge in [-0.05, 0) is 36.1 Å². The van der Waals surface area contributed by atoms with Gasteiger partial charge in [-0.25, -0.2) is 0 Å². The van der Waals surface area contributed by atoms with Crippen molar-refractivity contribution in [3.05, 3.63) is 76.1 Å². The number of hydrogen-bond donors (Lipinski definition) is 2. The first-order chi connectivity index (χ1) is 13.0. The van der Waals surface area contributed by atoms with Gasteiger partial charge in [-0.3, -0.25) is 4.79 Å². The maximum absolute atomic E-state index is 11.6. The van der Waals surface area contributed by atoms with Crippen molar-refractivity contribution in [1.82, 2.24) is 10.3 Å². The second-order valence-electron chi connectivity index (χ2n) is 7.28. The first-order valence-electron chi connectivity index (χ1n) is 9.64. The van der Waals surface area contributed by atoms with Crippen LogP contribution >= 0.6 is 0 Å². The van der Waals surface area contributed by atoms with E-state index in [-0.39, 0.29) is 5.56 Å². The van der Waals surface area contributed by atoms with E-state index >= 15 is 0 Å². The molecule has 0 saturated carbocycles. The molecule has 1 unspecified atom stereocenters. The lowest BCUT2D eigenvalue weighted by Gasteiger charge is -2.20. The Hall–Kier alpha value is -2.59. The molecule has 0 aliphatic carbocycles. The van der Waals surface area contributed by atoms with Crippen LogP contribution in [0.15, 0.2) is 59.4 Å². The third kappa shape index (κ3) is 5.20. The number of hydrogen-bond acceptors (Lipinski definition) is 3. The molecule has 27 heavy (non-hydrogen) atoms. The minimum atomic E-state index is -0.121. The molecule has 0 aliphatic rings. The maximum atomic E-state index is 11.6. The van der Waals surface area contributed by atoms with Crippen LogP contribution in [0.1, 0.15) is 38.3 Å². The van der Waals surface area contributed by atoms with E-state index in [0.29, 0.717) is 24.4 Å². The lowest BCUT2D eigenvalue weighted by Crippen LogP contribution is -2.35. The highest BCUT2D eigenvalue weighted by Crippen LogP contribution is 2.23. The molecule has 0 aliphatic heterocycles. The van der Waals surface area contributed by atoms with E-state index in [1.807, 2.05) is 24.3 Å². The fraction of sp³-hybridized carbons (Fsp3) is 0.348. The molecule has 0 saturated heterocycles. The van der Waals surface area contributed by atoms with Crippen LogP contribution in [-0.4, -0.2) is 17.1 Å². The Morgan fingerprint density at radius 3 is 2.59 bits per heavy atom. The second kappa shape index (κ2) is 8.87. The lowest BCUT2D eigenvalue weighted by atomic mass is 10.0. The van der Waals surface area contributed by atoms with Gasteiger partial charge in [0, 0.05) is 23.5 Å². The fourth-order valence-corrected chi connectivity index (χ4v) is 3.36. The molecule has 1 aromatic heterocycles. The van der Waals surface area contributed by atoms with Crippen molar-refractivity contribution in [2.45, 2.75) is 52.3 Å². The van der Waals surface area contributed by atoms with Gasteiger partial charge in [0.15, 0.2) is 0 Å². The van der Waals surface area contributed by atoms with E-state index in [1.165, 1.54) is 11.6 Å². The summed E-state index contributed by atoms with van der Waals surface area (Å²) >= 11 is 0. The van der Waals surface area contributed by atoms with Crippen molar-refractivity contribution in [3.63, 3.8) is 0 Å². The molecule has 2 aromatic carbocycles. The highest BCUT2D eigenvalue weighted by Gasteiger charge is 2.09. The first kappa shape index (κ1) is 19.2. The molecule has 0 fully saturated rings. The van der Waals surface area contributed by atoms with Crippen molar-refractivity contribution in [2.75, 3.05) is 0 Å². The predicted molar refractivity (Wildman–Crippen MR) is 111 cm³/mol. The molecule has 1 heterocycles. The van der Waals surface area contributed by atoms with Crippen LogP contribution in [-0.2, 0) is 13.0 Å². The number of fused-ring (bicyclic) bond motifs is 1. The van der Waals surface area contributed by atoms with Gasteiger partial charge >= 0.3 is 0 Å². The number of rotatable bonds is 8. The molecule has 0 amide bonds. The van der Waals surface area contributed by atoms with E-state index < -0.39 is 0 Å². The van der Waals surface area contributed by atoms with Gasteiger partial charge < -0.3 is 15.0 Å². The molecular weight excluding hydrogens is 336 g/mol. The van der Waals surface area contributed by atoms with Gasteiger partial charge in [0.1, 0.15) is 12.4 Å². The van der Waals surface area contributed by atoms with Crippen LogP contribution in [0.3, 0.4) is 0 Å². The zero-order valence-electron chi connectivity index (χ0n) is 16.3. The molecule has 3 rings (SSSR count). The van der Waals surface area contributed by atoms with E-state index in [1.54, 1.807) is 0 Å². The first-order valence-corrected chi connectivity index (χ1v) is 9.64. The summed E-state index contributed by atoms with van der Waals surface area (Å²) in [5, 5.41) is 4.58. The second-order valence-corrected chi connectivity index (χ2v) is 7.28. The topological polar surface area (TPSA) is 54.1 Å². The van der Waals surface area contributed by atoms with Crippen LogP contribution in [0.2, 0.25) is 0 Å². The van der Waals surface area contributed by atoms with Crippen molar-refractivity contribution in [1.29, 1.82) is 0 Å². The number of para-hydroxylation sites is 1. The summed E-state index contributed by atoms with van der Waals surface area (Å²) in [5.41, 5.74) is 3.06. The molecule has 0 spiro atoms. The molecule has 4 heteroatoms. The third-order valence-electron chi connectivity index (χ3n) is 4.65. The number of pyridine rings is 1. The zero-order valence-corrected chi connectivity index (χ0v) is 16.3. The van der Waals surface area contributed by atoms with Crippen molar-refractivity contribution in [3.8, 4) is 5.75 Å². The van der Waals surface area contributed by atoms with E-state index in [9.17, 15) is 4.79 Å². The Morgan fingerprint density at radius 1 is 1.04 bits per heavy atom. The number of nitrogens with one attached hydrogen (secondary N) is 2. The van der Waals surface area contributed by atoms with Gasteiger partial charge in [0.2, 0.25) is 5.56 Å². The van der Waals surface area contributed by atoms with Gasteiger partial charge in [0.05, 0.1) is 5.52 Å². The summed E-state index contributed by atoms with van der Waals surface area (Å²) in [6, 6.07) is 18.6. The summed E-state index contributed by atoms with van der Waals surface area (Å²) in [4.78, 5) is 14.5. The SMILES string of the molecule is CCC(Cc1cccc(COc2cccc3ccc(=O)[nH]c23)c1)NC(C)C. The third-order valence-corrected chi connectivity index (χ3v) is 4.65. The summed E-state index contributed by atoms with van der Waals surface area (Å²) < 4.78 is 6.03.